The van der Waals surface area contributed by atoms with Gasteiger partial charge in [0.2, 0.25) is 23.1 Å². The predicted molar refractivity (Wildman–Crippen MR) is 161 cm³/mol. The molecular weight excluding hydrogens is 604 g/mol. The minimum Gasteiger partial charge on any atom is -0.382 e. The maximum absolute atomic E-state index is 14.4. The SMILES string of the molecule is Nc1nc2c(sc(=O)n2[C@@H]2O[C@H](C(O)C(=O)c3ccccc3)[C@](O)(C(=O)c3ccccc3)[C@]2(O)C(=O)c2ccccc2)c(=O)[nH]1. The Kier molecular flexibility index (Phi) is 7.39. The van der Waals surface area contributed by atoms with Crippen molar-refractivity contribution in [3.05, 3.63) is 128 Å². The molecule has 14 heteroatoms. The van der Waals surface area contributed by atoms with Crippen molar-refractivity contribution in [3.8, 4) is 0 Å². The number of aromatic amines is 1. The molecule has 1 fully saturated rings. The van der Waals surface area contributed by atoms with E-state index in [9.17, 15) is 39.3 Å². The van der Waals surface area contributed by atoms with Crippen molar-refractivity contribution in [2.45, 2.75) is 29.6 Å². The summed E-state index contributed by atoms with van der Waals surface area (Å²) in [5.41, 5.74) is -2.79. The number of nitrogens with one attached hydrogen (secondary N) is 1. The monoisotopic (exact) mass is 628 g/mol. The largest absolute Gasteiger partial charge is 0.382 e. The van der Waals surface area contributed by atoms with Gasteiger partial charge in [0.25, 0.3) is 5.56 Å². The normalized spacial score (nSPS) is 23.5. The van der Waals surface area contributed by atoms with Gasteiger partial charge < -0.3 is 25.8 Å². The second-order valence-corrected chi connectivity index (χ2v) is 11.3. The van der Waals surface area contributed by atoms with E-state index in [1.807, 2.05) is 0 Å². The molecule has 3 aromatic carbocycles. The van der Waals surface area contributed by atoms with E-state index in [1.165, 1.54) is 72.8 Å². The van der Waals surface area contributed by atoms with Gasteiger partial charge in [-0.25, -0.2) is 0 Å². The third kappa shape index (κ3) is 4.54. The van der Waals surface area contributed by atoms with Crippen LogP contribution in [0.25, 0.3) is 10.3 Å². The molecule has 2 aromatic heterocycles. The van der Waals surface area contributed by atoms with Gasteiger partial charge >= 0.3 is 4.87 Å². The zero-order valence-electron chi connectivity index (χ0n) is 23.1. The van der Waals surface area contributed by atoms with Gasteiger partial charge in [-0.3, -0.25) is 33.5 Å². The molecule has 5 aromatic rings. The van der Waals surface area contributed by atoms with Gasteiger partial charge in [0, 0.05) is 16.7 Å². The first kappa shape index (κ1) is 29.9. The number of aromatic nitrogens is 3. The number of hydrogen-bond donors (Lipinski definition) is 5. The van der Waals surface area contributed by atoms with Crippen LogP contribution in [0.1, 0.15) is 37.3 Å². The lowest BCUT2D eigenvalue weighted by Crippen LogP contribution is -2.69. The number of hydrogen-bond acceptors (Lipinski definition) is 12. The Labute approximate surface area is 256 Å². The van der Waals surface area contributed by atoms with Crippen molar-refractivity contribution < 1.29 is 34.4 Å². The van der Waals surface area contributed by atoms with Gasteiger partial charge in [0.05, 0.1) is 0 Å². The molecule has 0 amide bonds. The Morgan fingerprint density at radius 3 is 1.87 bits per heavy atom. The lowest BCUT2D eigenvalue weighted by atomic mass is 9.69. The molecule has 6 rings (SSSR count). The number of anilines is 1. The third-order valence-corrected chi connectivity index (χ3v) is 8.67. The first-order chi connectivity index (χ1) is 21.5. The number of thiazole rings is 1. The topological polar surface area (TPSA) is 215 Å². The molecule has 0 radical (unpaired) electrons. The third-order valence-electron chi connectivity index (χ3n) is 7.73. The highest BCUT2D eigenvalue weighted by Crippen LogP contribution is 2.50. The second-order valence-electron chi connectivity index (χ2n) is 10.3. The fraction of sp³-hybridized carbons (Fsp3) is 0.161. The molecule has 45 heavy (non-hydrogen) atoms. The van der Waals surface area contributed by atoms with Crippen LogP contribution in [0.3, 0.4) is 0 Å². The Hall–Kier alpha value is -5.12. The number of nitrogens with zero attached hydrogens (tertiary/aromatic N) is 2. The van der Waals surface area contributed by atoms with Crippen LogP contribution in [0.15, 0.2) is 101 Å². The first-order valence-corrected chi connectivity index (χ1v) is 14.3. The number of benzene rings is 3. The maximum Gasteiger partial charge on any atom is 0.311 e. The van der Waals surface area contributed by atoms with Crippen LogP contribution in [0, 0.1) is 0 Å². The number of nitrogens with two attached hydrogens (primary N) is 1. The minimum absolute atomic E-state index is 0.0383. The van der Waals surface area contributed by atoms with Gasteiger partial charge in [0.1, 0.15) is 16.9 Å². The minimum atomic E-state index is -3.41. The zero-order chi connectivity index (χ0) is 32.1. The molecule has 5 atom stereocenters. The first-order valence-electron chi connectivity index (χ1n) is 13.5. The number of ketones is 3. The summed E-state index contributed by atoms with van der Waals surface area (Å²) in [7, 11) is 0. The summed E-state index contributed by atoms with van der Waals surface area (Å²) in [6, 6.07) is 21.5. The molecule has 1 unspecified atom stereocenters. The molecule has 0 saturated carbocycles. The number of carbonyl (C=O) groups is 3. The van der Waals surface area contributed by atoms with E-state index in [-0.39, 0.29) is 21.4 Å². The standard InChI is InChI=1S/C31H24N4O9S/c32-28-33-25-21(26(40)34-28)45-29(41)35(25)27-31(43,23(39)18-14-8-3-9-15-18)30(42,22(38)17-12-6-2-7-13-17)24(44-27)20(37)19(36)16-10-4-1-5-11-16/h1-15,20,24,27,37,42-43H,(H3,32,33,34,40)/t20?,24-,27-,30-,31+/m1/s1. The Morgan fingerprint density at radius 1 is 0.844 bits per heavy atom. The summed E-state index contributed by atoms with van der Waals surface area (Å²) in [5, 5.41) is 36.7. The summed E-state index contributed by atoms with van der Waals surface area (Å²) in [6.45, 7) is 0. The average molecular weight is 629 g/mol. The van der Waals surface area contributed by atoms with E-state index in [0.717, 1.165) is 0 Å². The van der Waals surface area contributed by atoms with Crippen LogP contribution >= 0.6 is 11.3 Å². The van der Waals surface area contributed by atoms with E-state index in [1.54, 1.807) is 18.2 Å². The molecule has 13 nitrogen and oxygen atoms in total. The van der Waals surface area contributed by atoms with Crippen molar-refractivity contribution in [2.24, 2.45) is 0 Å². The summed E-state index contributed by atoms with van der Waals surface area (Å²) < 4.78 is 6.30. The molecule has 0 bridgehead atoms. The van der Waals surface area contributed by atoms with Crippen LogP contribution < -0.4 is 16.2 Å². The number of aliphatic hydroxyl groups is 3. The number of fused-ring (bicyclic) bond motifs is 1. The van der Waals surface area contributed by atoms with Crippen molar-refractivity contribution in [1.82, 2.24) is 14.5 Å². The Morgan fingerprint density at radius 2 is 1.33 bits per heavy atom. The maximum atomic E-state index is 14.4. The van der Waals surface area contributed by atoms with Crippen LogP contribution in [0.5, 0.6) is 0 Å². The number of nitrogen functional groups attached to an aromatic ring is 1. The van der Waals surface area contributed by atoms with Crippen molar-refractivity contribution >= 4 is 45.0 Å². The lowest BCUT2D eigenvalue weighted by Gasteiger charge is -2.39. The average Bonchev–Trinajstić information content (AvgIpc) is 3.51. The van der Waals surface area contributed by atoms with Crippen LogP contribution in [0.2, 0.25) is 0 Å². The van der Waals surface area contributed by atoms with Gasteiger partial charge in [-0.1, -0.05) is 102 Å². The molecule has 3 heterocycles. The molecule has 1 saturated heterocycles. The fourth-order valence-electron chi connectivity index (χ4n) is 5.56. The molecule has 1 aliphatic rings. The van der Waals surface area contributed by atoms with E-state index >= 15 is 0 Å². The van der Waals surface area contributed by atoms with Crippen LogP contribution in [-0.2, 0) is 4.74 Å². The quantitative estimate of drug-likeness (QED) is 0.153. The van der Waals surface area contributed by atoms with Crippen molar-refractivity contribution in [3.63, 3.8) is 0 Å². The molecule has 0 spiro atoms. The van der Waals surface area contributed by atoms with E-state index in [2.05, 4.69) is 9.97 Å². The highest BCUT2D eigenvalue weighted by molar-refractivity contribution is 7.16. The predicted octanol–water partition coefficient (Wildman–Crippen LogP) is 1.10. The lowest BCUT2D eigenvalue weighted by molar-refractivity contribution is -0.108. The second kappa shape index (κ2) is 11.1. The summed E-state index contributed by atoms with van der Waals surface area (Å²) >= 11 is 0.374. The highest BCUT2D eigenvalue weighted by Gasteiger charge is 2.76. The van der Waals surface area contributed by atoms with E-state index < -0.39 is 69.0 Å². The molecular formula is C31H24N4O9S. The van der Waals surface area contributed by atoms with Crippen LogP contribution in [-0.4, -0.2) is 70.6 Å². The summed E-state index contributed by atoms with van der Waals surface area (Å²) in [4.78, 5) is 73.6. The molecule has 1 aliphatic heterocycles. The smallest absolute Gasteiger partial charge is 0.311 e. The van der Waals surface area contributed by atoms with Gasteiger partial charge in [0.15, 0.2) is 23.3 Å². The molecule has 0 aliphatic carbocycles. The Balaban J connectivity index is 1.66. The number of aliphatic hydroxyl groups excluding tert-OH is 1. The number of Topliss-reactive ketones (excluding diaryl/α,β-unsaturated/α-hetero) is 3. The number of H-pyrrole nitrogens is 1. The number of ether oxygens (including phenoxy) is 1. The summed E-state index contributed by atoms with van der Waals surface area (Å²) in [5.74, 6) is -4.02. The van der Waals surface area contributed by atoms with E-state index in [0.29, 0.717) is 15.9 Å². The van der Waals surface area contributed by atoms with Crippen LogP contribution in [0.4, 0.5) is 5.95 Å². The van der Waals surface area contributed by atoms with Gasteiger partial charge in [-0.2, -0.15) is 4.98 Å². The fourth-order valence-corrected chi connectivity index (χ4v) is 6.40. The Bertz CT molecular complexity index is 2060. The molecule has 228 valence electrons. The van der Waals surface area contributed by atoms with Gasteiger partial charge in [-0.05, 0) is 0 Å². The zero-order valence-corrected chi connectivity index (χ0v) is 23.9. The number of rotatable bonds is 8. The van der Waals surface area contributed by atoms with Gasteiger partial charge in [-0.15, -0.1) is 0 Å². The van der Waals surface area contributed by atoms with Crippen molar-refractivity contribution in [2.75, 3.05) is 5.73 Å². The molecule has 6 N–H and O–H groups in total. The van der Waals surface area contributed by atoms with E-state index in [4.69, 9.17) is 10.5 Å². The highest BCUT2D eigenvalue weighted by atomic mass is 32.1. The number of carbonyl (C=O) groups excluding carboxylic acids is 3. The van der Waals surface area contributed by atoms with Crippen molar-refractivity contribution in [1.29, 1.82) is 0 Å². The summed E-state index contributed by atoms with van der Waals surface area (Å²) in [6.07, 6.45) is -6.99.